The summed E-state index contributed by atoms with van der Waals surface area (Å²) in [5.41, 5.74) is 1.57. The van der Waals surface area contributed by atoms with Crippen molar-refractivity contribution in [2.75, 3.05) is 19.0 Å². The average Bonchev–Trinajstić information content (AvgIpc) is 3.26. The van der Waals surface area contributed by atoms with E-state index in [0.29, 0.717) is 30.0 Å². The Morgan fingerprint density at radius 1 is 1.21 bits per heavy atom. The Labute approximate surface area is 173 Å². The van der Waals surface area contributed by atoms with E-state index in [1.807, 2.05) is 30.3 Å². The van der Waals surface area contributed by atoms with Crippen LogP contribution in [0.5, 0.6) is 5.75 Å². The summed E-state index contributed by atoms with van der Waals surface area (Å²) in [5, 5.41) is 6.46. The molecule has 8 heteroatoms. The van der Waals surface area contributed by atoms with Gasteiger partial charge in [-0.05, 0) is 55.6 Å². The molecule has 2 aromatic rings. The third-order valence-corrected chi connectivity index (χ3v) is 5.76. The first-order chi connectivity index (χ1) is 13.6. The molecule has 6 nitrogen and oxygen atoms in total. The molecule has 0 bridgehead atoms. The number of thiophene rings is 1. The van der Waals surface area contributed by atoms with Crippen LogP contribution in [0.25, 0.3) is 0 Å². The van der Waals surface area contributed by atoms with Crippen LogP contribution in [-0.4, -0.2) is 30.7 Å². The van der Waals surface area contributed by atoms with Gasteiger partial charge in [0.15, 0.2) is 5.11 Å². The van der Waals surface area contributed by atoms with Crippen molar-refractivity contribution < 1.29 is 19.1 Å². The SMILES string of the molecule is COC(=O)c1c(NC(=S)NC(=O)CCCOc2ccccc2)sc2c1CCC2. The molecule has 1 aliphatic carbocycles. The predicted octanol–water partition coefficient (Wildman–Crippen LogP) is 3.70. The summed E-state index contributed by atoms with van der Waals surface area (Å²) < 4.78 is 10.5. The molecule has 1 aliphatic rings. The normalized spacial score (nSPS) is 12.2. The molecule has 1 heterocycles. The molecule has 1 aromatic carbocycles. The topological polar surface area (TPSA) is 76.7 Å². The van der Waals surface area contributed by atoms with Gasteiger partial charge in [0.25, 0.3) is 0 Å². The van der Waals surface area contributed by atoms with Gasteiger partial charge in [-0.25, -0.2) is 4.79 Å². The lowest BCUT2D eigenvalue weighted by atomic mass is 10.1. The molecule has 2 N–H and O–H groups in total. The third-order valence-electron chi connectivity index (χ3n) is 4.35. The Balaban J connectivity index is 1.47. The molecule has 0 saturated heterocycles. The highest BCUT2D eigenvalue weighted by atomic mass is 32.1. The van der Waals surface area contributed by atoms with Gasteiger partial charge in [-0.15, -0.1) is 11.3 Å². The van der Waals surface area contributed by atoms with Gasteiger partial charge in [0.1, 0.15) is 10.8 Å². The zero-order chi connectivity index (χ0) is 19.9. The van der Waals surface area contributed by atoms with Gasteiger partial charge < -0.3 is 20.1 Å². The van der Waals surface area contributed by atoms with Gasteiger partial charge in [-0.1, -0.05) is 18.2 Å². The summed E-state index contributed by atoms with van der Waals surface area (Å²) in [6.45, 7) is 0.446. The molecule has 148 valence electrons. The Hall–Kier alpha value is -2.45. The lowest BCUT2D eigenvalue weighted by Crippen LogP contribution is -2.34. The van der Waals surface area contributed by atoms with Crippen LogP contribution >= 0.6 is 23.6 Å². The van der Waals surface area contributed by atoms with Gasteiger partial charge in [-0.3, -0.25) is 4.79 Å². The number of benzene rings is 1. The quantitative estimate of drug-likeness (QED) is 0.406. The second kappa shape index (κ2) is 9.66. The summed E-state index contributed by atoms with van der Waals surface area (Å²) in [4.78, 5) is 25.4. The molecule has 0 radical (unpaired) electrons. The fourth-order valence-corrected chi connectivity index (χ4v) is 4.64. The second-order valence-corrected chi connectivity index (χ2v) is 7.83. The fraction of sp³-hybridized carbons (Fsp3) is 0.350. The van der Waals surface area contributed by atoms with Crippen LogP contribution < -0.4 is 15.4 Å². The number of carbonyl (C=O) groups excluding carboxylic acids is 2. The van der Waals surface area contributed by atoms with Crippen LogP contribution in [0.4, 0.5) is 5.00 Å². The Kier molecular flexibility index (Phi) is 7.00. The van der Waals surface area contributed by atoms with E-state index in [-0.39, 0.29) is 17.0 Å². The molecule has 28 heavy (non-hydrogen) atoms. The molecule has 1 aromatic heterocycles. The summed E-state index contributed by atoms with van der Waals surface area (Å²) in [7, 11) is 1.36. The summed E-state index contributed by atoms with van der Waals surface area (Å²) in [6, 6.07) is 9.46. The molecular weight excluding hydrogens is 396 g/mol. The first kappa shape index (κ1) is 20.3. The minimum atomic E-state index is -0.380. The van der Waals surface area contributed by atoms with E-state index in [9.17, 15) is 9.59 Å². The van der Waals surface area contributed by atoms with E-state index >= 15 is 0 Å². The molecule has 1 amide bonds. The zero-order valence-corrected chi connectivity index (χ0v) is 17.2. The van der Waals surface area contributed by atoms with Crippen LogP contribution in [0.15, 0.2) is 30.3 Å². The Morgan fingerprint density at radius 2 is 2.00 bits per heavy atom. The summed E-state index contributed by atoms with van der Waals surface area (Å²) in [5.74, 6) is 0.202. The minimum Gasteiger partial charge on any atom is -0.494 e. The summed E-state index contributed by atoms with van der Waals surface area (Å²) >= 11 is 6.73. The number of hydrogen-bond acceptors (Lipinski definition) is 6. The number of fused-ring (bicyclic) bond motifs is 1. The van der Waals surface area contributed by atoms with E-state index in [1.165, 1.54) is 23.3 Å². The first-order valence-electron chi connectivity index (χ1n) is 9.10. The number of amides is 1. The number of ether oxygens (including phenoxy) is 2. The van der Waals surface area contributed by atoms with Crippen LogP contribution in [0.3, 0.4) is 0 Å². The fourth-order valence-electron chi connectivity index (χ4n) is 3.07. The van der Waals surface area contributed by atoms with Crippen molar-refractivity contribution in [3.05, 3.63) is 46.3 Å². The number of anilines is 1. The molecule has 0 atom stereocenters. The highest BCUT2D eigenvalue weighted by Gasteiger charge is 2.27. The van der Waals surface area contributed by atoms with E-state index in [1.54, 1.807) is 0 Å². The maximum Gasteiger partial charge on any atom is 0.341 e. The number of methoxy groups -OCH3 is 1. The highest BCUT2D eigenvalue weighted by Crippen LogP contribution is 2.39. The van der Waals surface area contributed by atoms with Crippen LogP contribution in [0.2, 0.25) is 0 Å². The summed E-state index contributed by atoms with van der Waals surface area (Å²) in [6.07, 6.45) is 3.71. The van der Waals surface area contributed by atoms with Crippen molar-refractivity contribution in [3.63, 3.8) is 0 Å². The van der Waals surface area contributed by atoms with Crippen LogP contribution in [0, 0.1) is 0 Å². The number of rotatable bonds is 7. The van der Waals surface area contributed by atoms with Crippen molar-refractivity contribution in [1.82, 2.24) is 5.32 Å². The maximum absolute atomic E-state index is 12.2. The number of nitrogens with one attached hydrogen (secondary N) is 2. The highest BCUT2D eigenvalue weighted by molar-refractivity contribution is 7.80. The standard InChI is InChI=1S/C20H22N2O4S2/c1-25-19(24)17-14-9-5-10-15(14)28-18(17)22-20(27)21-16(23)11-6-12-26-13-7-3-2-4-8-13/h2-4,7-8H,5-6,9-12H2,1H3,(H2,21,22,23,27). The molecule has 0 unspecified atom stereocenters. The number of carbonyl (C=O) groups is 2. The van der Waals surface area contributed by atoms with Gasteiger partial charge in [0.05, 0.1) is 19.3 Å². The second-order valence-electron chi connectivity index (χ2n) is 6.32. The molecule has 3 rings (SSSR count). The molecule has 0 saturated carbocycles. The molecule has 0 aliphatic heterocycles. The molecular formula is C20H22N2O4S2. The predicted molar refractivity (Wildman–Crippen MR) is 113 cm³/mol. The lowest BCUT2D eigenvalue weighted by Gasteiger charge is -2.10. The molecule has 0 fully saturated rings. The van der Waals surface area contributed by atoms with Crippen molar-refractivity contribution in [2.24, 2.45) is 0 Å². The van der Waals surface area contributed by atoms with Gasteiger partial charge in [-0.2, -0.15) is 0 Å². The number of hydrogen-bond donors (Lipinski definition) is 2. The monoisotopic (exact) mass is 418 g/mol. The third kappa shape index (κ3) is 5.08. The van der Waals surface area contributed by atoms with E-state index in [4.69, 9.17) is 21.7 Å². The lowest BCUT2D eigenvalue weighted by molar-refractivity contribution is -0.119. The minimum absolute atomic E-state index is 0.180. The van der Waals surface area contributed by atoms with Gasteiger partial charge in [0, 0.05) is 11.3 Å². The van der Waals surface area contributed by atoms with Crippen LogP contribution in [-0.2, 0) is 22.4 Å². The van der Waals surface area contributed by atoms with Crippen LogP contribution in [0.1, 0.15) is 40.1 Å². The largest absolute Gasteiger partial charge is 0.494 e. The maximum atomic E-state index is 12.2. The van der Waals surface area contributed by atoms with Gasteiger partial charge >= 0.3 is 5.97 Å². The Bertz CT molecular complexity index is 865. The van der Waals surface area contributed by atoms with E-state index in [2.05, 4.69) is 10.6 Å². The van der Waals surface area contributed by atoms with Crippen molar-refractivity contribution in [2.45, 2.75) is 32.1 Å². The number of aryl methyl sites for hydroxylation is 1. The van der Waals surface area contributed by atoms with E-state index < -0.39 is 0 Å². The Morgan fingerprint density at radius 3 is 2.75 bits per heavy atom. The number of esters is 1. The number of para-hydroxylation sites is 1. The van der Waals surface area contributed by atoms with Gasteiger partial charge in [0.2, 0.25) is 5.91 Å². The smallest absolute Gasteiger partial charge is 0.341 e. The molecule has 0 spiro atoms. The van der Waals surface area contributed by atoms with E-state index in [0.717, 1.165) is 30.6 Å². The average molecular weight is 419 g/mol. The number of thiocarbonyl (C=S) groups is 1. The zero-order valence-electron chi connectivity index (χ0n) is 15.6. The van der Waals surface area contributed by atoms with Crippen molar-refractivity contribution >= 4 is 45.5 Å². The first-order valence-corrected chi connectivity index (χ1v) is 10.3. The van der Waals surface area contributed by atoms with Crippen molar-refractivity contribution in [3.8, 4) is 5.75 Å². The van der Waals surface area contributed by atoms with Crippen molar-refractivity contribution in [1.29, 1.82) is 0 Å².